The summed E-state index contributed by atoms with van der Waals surface area (Å²) in [5, 5.41) is 0. The minimum atomic E-state index is 1.06. The molecule has 3 heteroatoms. The normalized spacial score (nSPS) is 10.3. The van der Waals surface area contributed by atoms with E-state index in [2.05, 4.69) is 24.5 Å². The smallest absolute Gasteiger partial charge is 0.0835 e. The van der Waals surface area contributed by atoms with E-state index in [0.717, 1.165) is 6.42 Å². The largest absolute Gasteiger partial charge is 0.196 e. The maximum absolute atomic E-state index is 4.33. The quantitative estimate of drug-likeness (QED) is 0.638. The fraction of sp³-hybridized carbons (Fsp3) is 0.571. The van der Waals surface area contributed by atoms with Crippen molar-refractivity contribution < 1.29 is 0 Å². The highest BCUT2D eigenvalue weighted by atomic mass is 32.2. The van der Waals surface area contributed by atoms with Crippen molar-refractivity contribution in [3.63, 3.8) is 0 Å². The number of hydrogen-bond acceptors (Lipinski definition) is 3. The van der Waals surface area contributed by atoms with E-state index in [9.17, 15) is 0 Å². The van der Waals surface area contributed by atoms with Crippen molar-refractivity contribution in [2.24, 2.45) is 0 Å². The van der Waals surface area contributed by atoms with Gasteiger partial charge in [-0.3, -0.25) is 0 Å². The first-order chi connectivity index (χ1) is 4.79. The lowest BCUT2D eigenvalue weighted by Gasteiger charge is -1.91. The molecule has 0 spiro atoms. The van der Waals surface area contributed by atoms with Gasteiger partial charge in [-0.25, -0.2) is 0 Å². The fourth-order valence-electron chi connectivity index (χ4n) is 0.871. The summed E-state index contributed by atoms with van der Waals surface area (Å²) in [5.41, 5.74) is 2.63. The zero-order valence-corrected chi connectivity index (χ0v) is 8.10. The third kappa shape index (κ3) is 1.35. The molecule has 56 valence electrons. The molecule has 1 aromatic rings. The van der Waals surface area contributed by atoms with Gasteiger partial charge >= 0.3 is 0 Å². The van der Waals surface area contributed by atoms with Gasteiger partial charge in [-0.2, -0.15) is 4.37 Å². The third-order valence-electron chi connectivity index (χ3n) is 1.50. The molecule has 1 rings (SSSR count). The predicted molar refractivity (Wildman–Crippen MR) is 48.0 cm³/mol. The van der Waals surface area contributed by atoms with Crippen LogP contribution in [0.25, 0.3) is 0 Å². The molecule has 0 aromatic carbocycles. The van der Waals surface area contributed by atoms with Crippen molar-refractivity contribution in [3.8, 4) is 0 Å². The van der Waals surface area contributed by atoms with Gasteiger partial charge in [-0.05, 0) is 36.7 Å². The van der Waals surface area contributed by atoms with Crippen molar-refractivity contribution in [2.75, 3.05) is 6.26 Å². The Hall–Kier alpha value is -0.0200. The van der Waals surface area contributed by atoms with Crippen LogP contribution in [0.5, 0.6) is 0 Å². The van der Waals surface area contributed by atoms with Crippen LogP contribution >= 0.6 is 23.3 Å². The predicted octanol–water partition coefficient (Wildman–Crippen LogP) is 2.74. The van der Waals surface area contributed by atoms with Gasteiger partial charge in [0.25, 0.3) is 0 Å². The van der Waals surface area contributed by atoms with Gasteiger partial charge in [0.15, 0.2) is 0 Å². The van der Waals surface area contributed by atoms with Crippen LogP contribution in [-0.4, -0.2) is 10.6 Å². The van der Waals surface area contributed by atoms with Crippen molar-refractivity contribution in [2.45, 2.75) is 24.5 Å². The molecule has 0 unspecified atom stereocenters. The SMILES string of the molecule is CCc1nsc(SC)c1C. The van der Waals surface area contributed by atoms with Crippen LogP contribution in [0.3, 0.4) is 0 Å². The number of aryl methyl sites for hydroxylation is 1. The maximum atomic E-state index is 4.33. The first-order valence-electron chi connectivity index (χ1n) is 3.28. The minimum Gasteiger partial charge on any atom is -0.196 e. The Balaban J connectivity index is 2.97. The summed E-state index contributed by atoms with van der Waals surface area (Å²) >= 11 is 3.40. The van der Waals surface area contributed by atoms with E-state index < -0.39 is 0 Å². The molecule has 0 saturated heterocycles. The molecule has 0 atom stereocenters. The van der Waals surface area contributed by atoms with Gasteiger partial charge in [-0.1, -0.05) is 6.92 Å². The van der Waals surface area contributed by atoms with E-state index in [4.69, 9.17) is 0 Å². The number of thioether (sulfide) groups is 1. The van der Waals surface area contributed by atoms with Crippen molar-refractivity contribution in [1.82, 2.24) is 4.37 Å². The second kappa shape index (κ2) is 3.39. The van der Waals surface area contributed by atoms with Gasteiger partial charge in [-0.15, -0.1) is 11.8 Å². The Morgan fingerprint density at radius 1 is 1.60 bits per heavy atom. The van der Waals surface area contributed by atoms with Crippen molar-refractivity contribution in [3.05, 3.63) is 11.3 Å². The average molecular weight is 173 g/mol. The first kappa shape index (κ1) is 8.08. The van der Waals surface area contributed by atoms with Gasteiger partial charge in [0, 0.05) is 0 Å². The zero-order valence-electron chi connectivity index (χ0n) is 6.47. The highest BCUT2D eigenvalue weighted by Crippen LogP contribution is 2.26. The topological polar surface area (TPSA) is 12.9 Å². The van der Waals surface area contributed by atoms with Crippen LogP contribution in [0.1, 0.15) is 18.2 Å². The molecule has 0 N–H and O–H groups in total. The molecule has 1 aromatic heterocycles. The molecule has 0 bridgehead atoms. The number of aromatic nitrogens is 1. The highest BCUT2D eigenvalue weighted by Gasteiger charge is 2.05. The summed E-state index contributed by atoms with van der Waals surface area (Å²) in [5.74, 6) is 0. The van der Waals surface area contributed by atoms with Crippen LogP contribution in [0.4, 0.5) is 0 Å². The van der Waals surface area contributed by atoms with E-state index in [1.807, 2.05) is 0 Å². The lowest BCUT2D eigenvalue weighted by atomic mass is 10.2. The maximum Gasteiger partial charge on any atom is 0.0835 e. The summed E-state index contributed by atoms with van der Waals surface area (Å²) in [6.07, 6.45) is 3.16. The standard InChI is InChI=1S/C7H11NS2/c1-4-6-5(2)7(9-3)10-8-6/h4H2,1-3H3. The number of rotatable bonds is 2. The molecule has 0 aliphatic heterocycles. The van der Waals surface area contributed by atoms with Crippen molar-refractivity contribution in [1.29, 1.82) is 0 Å². The molecule has 0 amide bonds. The van der Waals surface area contributed by atoms with E-state index in [0.29, 0.717) is 0 Å². The van der Waals surface area contributed by atoms with Crippen LogP contribution in [0.2, 0.25) is 0 Å². The van der Waals surface area contributed by atoms with E-state index >= 15 is 0 Å². The van der Waals surface area contributed by atoms with E-state index in [1.165, 1.54) is 15.5 Å². The summed E-state index contributed by atoms with van der Waals surface area (Å²) in [6.45, 7) is 4.29. The molecule has 0 radical (unpaired) electrons. The van der Waals surface area contributed by atoms with Crippen LogP contribution < -0.4 is 0 Å². The molecule has 0 fully saturated rings. The summed E-state index contributed by atoms with van der Waals surface area (Å²) in [6, 6.07) is 0. The van der Waals surface area contributed by atoms with Crippen LogP contribution in [0.15, 0.2) is 4.21 Å². The lowest BCUT2D eigenvalue weighted by Crippen LogP contribution is -1.81. The molecule has 0 saturated carbocycles. The average Bonchev–Trinajstić information content (AvgIpc) is 2.30. The second-order valence-corrected chi connectivity index (χ2v) is 3.95. The highest BCUT2D eigenvalue weighted by molar-refractivity contribution is 8.00. The van der Waals surface area contributed by atoms with Crippen molar-refractivity contribution >= 4 is 23.3 Å². The summed E-state index contributed by atoms with van der Waals surface area (Å²) in [4.78, 5) is 0. The Labute approximate surface area is 70.0 Å². The van der Waals surface area contributed by atoms with Gasteiger partial charge in [0.2, 0.25) is 0 Å². The summed E-state index contributed by atoms with van der Waals surface area (Å²) in [7, 11) is 0. The minimum absolute atomic E-state index is 1.06. The van der Waals surface area contributed by atoms with Gasteiger partial charge < -0.3 is 0 Å². The van der Waals surface area contributed by atoms with E-state index in [-0.39, 0.29) is 0 Å². The summed E-state index contributed by atoms with van der Waals surface area (Å²) < 4.78 is 5.68. The molecule has 1 nitrogen and oxygen atoms in total. The number of hydrogen-bond donors (Lipinski definition) is 0. The van der Waals surface area contributed by atoms with E-state index in [1.54, 1.807) is 23.3 Å². The monoisotopic (exact) mass is 173 g/mol. The molecule has 0 aliphatic rings. The first-order valence-corrected chi connectivity index (χ1v) is 5.28. The second-order valence-electron chi connectivity index (χ2n) is 2.10. The fourth-order valence-corrected chi connectivity index (χ4v) is 2.42. The van der Waals surface area contributed by atoms with Crippen LogP contribution in [0, 0.1) is 6.92 Å². The molecule has 1 heterocycles. The molecule has 10 heavy (non-hydrogen) atoms. The van der Waals surface area contributed by atoms with Gasteiger partial charge in [0.1, 0.15) is 0 Å². The Bertz CT molecular complexity index is 196. The number of nitrogens with zero attached hydrogens (tertiary/aromatic N) is 1. The molecule has 0 aliphatic carbocycles. The van der Waals surface area contributed by atoms with Gasteiger partial charge in [0.05, 0.1) is 9.90 Å². The Morgan fingerprint density at radius 3 is 2.60 bits per heavy atom. The molecular formula is C7H11NS2. The Morgan fingerprint density at radius 2 is 2.30 bits per heavy atom. The molecular weight excluding hydrogens is 162 g/mol. The Kier molecular flexibility index (Phi) is 2.74. The van der Waals surface area contributed by atoms with Crippen LogP contribution in [-0.2, 0) is 6.42 Å². The lowest BCUT2D eigenvalue weighted by molar-refractivity contribution is 1.05. The zero-order chi connectivity index (χ0) is 7.56. The third-order valence-corrected chi connectivity index (χ3v) is 3.68.